The van der Waals surface area contributed by atoms with Gasteiger partial charge >= 0.3 is 0 Å². The number of hydrogen-bond acceptors (Lipinski definition) is 1. The molecule has 8 saturated carbocycles. The van der Waals surface area contributed by atoms with E-state index in [0.29, 0.717) is 10.3 Å². The van der Waals surface area contributed by atoms with Gasteiger partial charge in [0.25, 0.3) is 0 Å². The summed E-state index contributed by atoms with van der Waals surface area (Å²) >= 11 is 0. The molecule has 0 spiro atoms. The van der Waals surface area contributed by atoms with E-state index in [1.54, 1.807) is 5.30 Å². The lowest BCUT2D eigenvalue weighted by Crippen LogP contribution is -2.58. The number of rotatable bonds is 7. The minimum Gasteiger partial charge on any atom is -0.242 e. The summed E-state index contributed by atoms with van der Waals surface area (Å²) in [6.07, 6.45) is 18.1. The Morgan fingerprint density at radius 3 is 1.52 bits per heavy atom. The van der Waals surface area contributed by atoms with E-state index in [0.717, 1.165) is 35.5 Å². The van der Waals surface area contributed by atoms with Gasteiger partial charge in [-0.3, -0.25) is 0 Å². The first-order valence-corrected chi connectivity index (χ1v) is 19.7. The van der Waals surface area contributed by atoms with Crippen molar-refractivity contribution in [2.45, 2.75) is 119 Å². The summed E-state index contributed by atoms with van der Waals surface area (Å²) in [5.41, 5.74) is 2.76. The predicted molar refractivity (Wildman–Crippen MR) is 179 cm³/mol. The molecule has 0 saturated heterocycles. The van der Waals surface area contributed by atoms with E-state index in [1.807, 2.05) is 0 Å². The lowest BCUT2D eigenvalue weighted by molar-refractivity contribution is 0.0195. The molecule has 0 amide bonds. The summed E-state index contributed by atoms with van der Waals surface area (Å²) in [6, 6.07) is 20.8. The Bertz CT molecular complexity index is 1230. The molecule has 1 unspecified atom stereocenters. The molecule has 2 atom stereocenters. The fraction of sp³-hybridized carbons (Fsp3) is 0.684. The monoisotopic (exact) mass is 601 g/mol. The molecule has 8 aliphatic rings. The van der Waals surface area contributed by atoms with E-state index in [-0.39, 0.29) is 18.7 Å². The first-order valence-electron chi connectivity index (χ1n) is 17.2. The molecule has 42 heavy (non-hydrogen) atoms. The first kappa shape index (κ1) is 28.5. The van der Waals surface area contributed by atoms with E-state index in [9.17, 15) is 4.21 Å². The van der Waals surface area contributed by atoms with Gasteiger partial charge in [0.15, 0.2) is 0 Å². The highest BCUT2D eigenvalue weighted by Gasteiger charge is 2.63. The highest BCUT2D eigenvalue weighted by molar-refractivity contribution is 7.84. The van der Waals surface area contributed by atoms with Gasteiger partial charge in [-0.1, -0.05) is 62.5 Å². The van der Waals surface area contributed by atoms with Crippen LogP contribution in [0.2, 0.25) is 0 Å². The highest BCUT2D eigenvalue weighted by atomic mass is 32.2. The van der Waals surface area contributed by atoms with Gasteiger partial charge in [-0.25, -0.2) is 8.51 Å². The number of hydrogen-bond donors (Lipinski definition) is 0. The minimum absolute atomic E-state index is 0.00952. The fourth-order valence-electron chi connectivity index (χ4n) is 12.4. The second kappa shape index (κ2) is 10.3. The molecule has 8 bridgehead atoms. The Morgan fingerprint density at radius 1 is 0.690 bits per heavy atom. The summed E-state index contributed by atoms with van der Waals surface area (Å²) in [4.78, 5) is 0. The Morgan fingerprint density at radius 2 is 1.10 bits per heavy atom. The van der Waals surface area contributed by atoms with Gasteiger partial charge in [0.2, 0.25) is 0 Å². The molecule has 0 N–H and O–H groups in total. The zero-order chi connectivity index (χ0) is 28.9. The Kier molecular flexibility index (Phi) is 6.94. The zero-order valence-corrected chi connectivity index (χ0v) is 28.1. The fourth-order valence-corrected chi connectivity index (χ4v) is 19.0. The van der Waals surface area contributed by atoms with Crippen LogP contribution in [0, 0.1) is 35.5 Å². The van der Waals surface area contributed by atoms with Gasteiger partial charge in [0, 0.05) is 7.05 Å². The normalized spacial score (nSPS) is 40.4. The molecule has 2 aromatic carbocycles. The van der Waals surface area contributed by atoms with Crippen molar-refractivity contribution in [3.05, 3.63) is 65.7 Å². The van der Waals surface area contributed by atoms with Crippen molar-refractivity contribution in [2.24, 2.45) is 35.5 Å². The molecule has 0 aromatic heterocycles. The molecule has 226 valence electrons. The zero-order valence-electron chi connectivity index (χ0n) is 26.4. The molecular weight excluding hydrogens is 549 g/mol. The smallest absolute Gasteiger partial charge is 0.100 e. The second-order valence-electron chi connectivity index (χ2n) is 16.9. The van der Waals surface area contributed by atoms with E-state index in [4.69, 9.17) is 0 Å². The second-order valence-corrected chi connectivity index (χ2v) is 22.2. The van der Waals surface area contributed by atoms with E-state index < -0.39 is 11.0 Å². The van der Waals surface area contributed by atoms with Crippen LogP contribution in [0.5, 0.6) is 0 Å². The summed E-state index contributed by atoms with van der Waals surface area (Å²) in [6.45, 7) is 6.39. The van der Waals surface area contributed by atoms with Gasteiger partial charge in [0.1, 0.15) is 11.0 Å². The van der Waals surface area contributed by atoms with Crippen LogP contribution in [-0.2, 0) is 11.0 Å². The van der Waals surface area contributed by atoms with Crippen molar-refractivity contribution in [2.75, 3.05) is 7.05 Å². The van der Waals surface area contributed by atoms with Crippen molar-refractivity contribution in [1.82, 2.24) is 4.31 Å². The lowest BCUT2D eigenvalue weighted by Gasteiger charge is -2.67. The maximum absolute atomic E-state index is 14.1. The SMILES string of the molecule is CN(C(c1ccccc1)c1ccccc1P(C12CC3CC(CC(C3)C1)C2)C12CC3CC(CC(C3)C1)C2)[S@](=O)C(C)(C)C. The number of benzene rings is 2. The molecule has 8 aliphatic carbocycles. The van der Waals surface area contributed by atoms with Crippen molar-refractivity contribution in [3.63, 3.8) is 0 Å². The number of nitrogens with zero attached hydrogens (tertiary/aromatic N) is 1. The third kappa shape index (κ3) is 4.65. The summed E-state index contributed by atoms with van der Waals surface area (Å²) in [5.74, 6) is 5.85. The molecule has 2 aromatic rings. The van der Waals surface area contributed by atoms with Crippen LogP contribution in [0.25, 0.3) is 0 Å². The summed E-state index contributed by atoms with van der Waals surface area (Å²) in [5, 5.41) is 2.76. The highest BCUT2D eigenvalue weighted by Crippen LogP contribution is 2.78. The Labute approximate surface area is 259 Å². The molecular formula is C38H52NOPS. The van der Waals surface area contributed by atoms with E-state index in [1.165, 1.54) is 88.2 Å². The van der Waals surface area contributed by atoms with Crippen LogP contribution in [-0.4, -0.2) is 30.6 Å². The average Bonchev–Trinajstić information content (AvgIpc) is 2.92. The lowest BCUT2D eigenvalue weighted by atomic mass is 9.55. The average molecular weight is 602 g/mol. The Hall–Kier alpha value is -1.02. The van der Waals surface area contributed by atoms with E-state index in [2.05, 4.69) is 86.7 Å². The van der Waals surface area contributed by atoms with Crippen molar-refractivity contribution < 1.29 is 4.21 Å². The van der Waals surface area contributed by atoms with Crippen LogP contribution in [0.4, 0.5) is 0 Å². The van der Waals surface area contributed by atoms with Crippen LogP contribution < -0.4 is 5.30 Å². The van der Waals surface area contributed by atoms with Gasteiger partial charge in [-0.15, -0.1) is 0 Å². The van der Waals surface area contributed by atoms with Crippen molar-refractivity contribution in [1.29, 1.82) is 0 Å². The summed E-state index contributed by atoms with van der Waals surface area (Å²) < 4.78 is 16.0. The van der Waals surface area contributed by atoms with Gasteiger partial charge in [-0.05, 0) is 160 Å². The maximum Gasteiger partial charge on any atom is 0.100 e. The topological polar surface area (TPSA) is 20.3 Å². The van der Waals surface area contributed by atoms with Crippen molar-refractivity contribution in [3.8, 4) is 0 Å². The van der Waals surface area contributed by atoms with Crippen LogP contribution >= 0.6 is 7.92 Å². The van der Waals surface area contributed by atoms with E-state index >= 15 is 0 Å². The van der Waals surface area contributed by atoms with Gasteiger partial charge in [-0.2, -0.15) is 0 Å². The minimum atomic E-state index is -1.11. The van der Waals surface area contributed by atoms with Gasteiger partial charge in [0.05, 0.1) is 10.8 Å². The van der Waals surface area contributed by atoms with Crippen LogP contribution in [0.15, 0.2) is 54.6 Å². The molecule has 2 nitrogen and oxygen atoms in total. The largest absolute Gasteiger partial charge is 0.242 e. The van der Waals surface area contributed by atoms with Crippen LogP contribution in [0.1, 0.15) is 115 Å². The molecule has 8 fully saturated rings. The molecule has 0 radical (unpaired) electrons. The molecule has 10 rings (SSSR count). The first-order chi connectivity index (χ1) is 20.1. The maximum atomic E-state index is 14.1. The van der Waals surface area contributed by atoms with Crippen LogP contribution in [0.3, 0.4) is 0 Å². The molecule has 0 heterocycles. The van der Waals surface area contributed by atoms with Crippen molar-refractivity contribution >= 4 is 24.2 Å². The Balaban J connectivity index is 1.32. The van der Waals surface area contributed by atoms with Gasteiger partial charge < -0.3 is 0 Å². The summed E-state index contributed by atoms with van der Waals surface area (Å²) in [7, 11) is 0.673. The predicted octanol–water partition coefficient (Wildman–Crippen LogP) is 9.21. The quantitative estimate of drug-likeness (QED) is 0.290. The standard InChI is InChI=1S/C38H52NOPS/c1-36(2,3)42(40)39(4)35(32-10-6-5-7-11-32)33-12-8-9-13-34(33)41(37-20-26-14-27(21-37)16-28(15-26)22-37)38-23-29-17-30(24-38)19-31(18-29)25-38/h5-13,26-31,35H,14-25H2,1-4H3/t26?,27?,28?,29?,30?,31?,35?,37?,38?,41?,42-/m1/s1. The molecule has 4 heteroatoms. The third-order valence-corrected chi connectivity index (χ3v) is 18.4. The molecule has 0 aliphatic heterocycles. The third-order valence-electron chi connectivity index (χ3n) is 12.7.